The van der Waals surface area contributed by atoms with Gasteiger partial charge in [0, 0.05) is 30.8 Å². The number of methoxy groups -OCH3 is 1. The van der Waals surface area contributed by atoms with E-state index in [0.29, 0.717) is 58.7 Å². The quantitative estimate of drug-likeness (QED) is 0.223. The van der Waals surface area contributed by atoms with Crippen LogP contribution in [0.1, 0.15) is 86.0 Å². The molecule has 10 nitrogen and oxygen atoms in total. The average molecular weight is 511 g/mol. The van der Waals surface area contributed by atoms with Crippen LogP contribution in [0.4, 0.5) is 4.79 Å². The van der Waals surface area contributed by atoms with E-state index in [1.807, 2.05) is 6.92 Å². The third-order valence-corrected chi connectivity index (χ3v) is 6.55. The number of hydrogen-bond donors (Lipinski definition) is 3. The summed E-state index contributed by atoms with van der Waals surface area (Å²) in [5.41, 5.74) is 1.88. The highest BCUT2D eigenvalue weighted by atomic mass is 16.5. The first kappa shape index (κ1) is 27.6. The summed E-state index contributed by atoms with van der Waals surface area (Å²) in [4.78, 5) is 55.8. The molecule has 198 valence electrons. The molecule has 0 spiro atoms. The van der Waals surface area contributed by atoms with Crippen LogP contribution in [0.15, 0.2) is 24.4 Å². The van der Waals surface area contributed by atoms with E-state index in [4.69, 9.17) is 4.74 Å². The smallest absolute Gasteiger partial charge is 0.416 e. The highest BCUT2D eigenvalue weighted by molar-refractivity contribution is 5.96. The predicted molar refractivity (Wildman–Crippen MR) is 138 cm³/mol. The van der Waals surface area contributed by atoms with Crippen LogP contribution in [0.3, 0.4) is 0 Å². The van der Waals surface area contributed by atoms with Gasteiger partial charge in [-0.2, -0.15) is 0 Å². The number of carbonyl (C=O) groups is 4. The number of carbonyl (C=O) groups excluding carboxylic acids is 3. The minimum atomic E-state index is -1.13. The molecule has 0 saturated heterocycles. The molecule has 0 fully saturated rings. The second-order valence-corrected chi connectivity index (χ2v) is 9.09. The molecule has 3 N–H and O–H groups in total. The third-order valence-electron chi connectivity index (χ3n) is 6.55. The molecule has 0 aliphatic heterocycles. The maximum Gasteiger partial charge on any atom is 0.416 e. The number of H-pyrrole nitrogens is 1. The van der Waals surface area contributed by atoms with Gasteiger partial charge in [-0.1, -0.05) is 19.8 Å². The topological polar surface area (TPSA) is 143 Å². The molecule has 3 aromatic rings. The van der Waals surface area contributed by atoms with Gasteiger partial charge in [0.05, 0.1) is 31.3 Å². The maximum absolute atomic E-state index is 13.2. The number of amides is 1. The molecule has 0 bridgehead atoms. The third kappa shape index (κ3) is 6.63. The number of nitrogens with zero attached hydrogens (tertiary/aromatic N) is 2. The molecule has 1 aromatic carbocycles. The SMILES string of the molecule is CCC(=O)CCCCC[C@H](NC(=O)Cc1c(C)n(C(=O)O)c2ccc(OC)cc12)c1ncc(C(C)=O)[nH]1. The molecule has 37 heavy (non-hydrogen) atoms. The number of nitrogens with one attached hydrogen (secondary N) is 2. The number of aromatic amines is 1. The van der Waals surface area contributed by atoms with Crippen molar-refractivity contribution < 1.29 is 29.0 Å². The minimum absolute atomic E-state index is 0.0441. The summed E-state index contributed by atoms with van der Waals surface area (Å²) in [6.45, 7) is 4.96. The zero-order chi connectivity index (χ0) is 27.1. The van der Waals surface area contributed by atoms with E-state index in [1.165, 1.54) is 20.2 Å². The molecule has 2 aromatic heterocycles. The van der Waals surface area contributed by atoms with Gasteiger partial charge in [-0.3, -0.25) is 14.4 Å². The Morgan fingerprint density at radius 3 is 2.57 bits per heavy atom. The number of carboxylic acid groups (broad SMARTS) is 1. The van der Waals surface area contributed by atoms with Crippen molar-refractivity contribution in [3.63, 3.8) is 0 Å². The lowest BCUT2D eigenvalue weighted by Crippen LogP contribution is -2.31. The highest BCUT2D eigenvalue weighted by Crippen LogP contribution is 2.30. The van der Waals surface area contributed by atoms with Gasteiger partial charge in [-0.25, -0.2) is 14.3 Å². The van der Waals surface area contributed by atoms with E-state index in [-0.39, 0.29) is 23.9 Å². The maximum atomic E-state index is 13.2. The van der Waals surface area contributed by atoms with Gasteiger partial charge in [-0.05, 0) is 43.5 Å². The number of imidazole rings is 1. The van der Waals surface area contributed by atoms with Crippen LogP contribution < -0.4 is 10.1 Å². The van der Waals surface area contributed by atoms with Crippen molar-refractivity contribution >= 4 is 34.5 Å². The molecular weight excluding hydrogens is 476 g/mol. The summed E-state index contributed by atoms with van der Waals surface area (Å²) < 4.78 is 6.47. The summed E-state index contributed by atoms with van der Waals surface area (Å²) in [5, 5.41) is 13.4. The van der Waals surface area contributed by atoms with E-state index >= 15 is 0 Å². The Morgan fingerprint density at radius 1 is 1.19 bits per heavy atom. The molecule has 3 rings (SSSR count). The van der Waals surface area contributed by atoms with Crippen LogP contribution in [-0.2, 0) is 16.0 Å². The van der Waals surface area contributed by atoms with Crippen LogP contribution >= 0.6 is 0 Å². The van der Waals surface area contributed by atoms with Gasteiger partial charge < -0.3 is 20.1 Å². The average Bonchev–Trinajstić information content (AvgIpc) is 3.46. The predicted octanol–water partition coefficient (Wildman–Crippen LogP) is 4.74. The fourth-order valence-electron chi connectivity index (χ4n) is 4.46. The monoisotopic (exact) mass is 510 g/mol. The zero-order valence-electron chi connectivity index (χ0n) is 21.7. The number of ketones is 2. The number of aromatic nitrogens is 3. The van der Waals surface area contributed by atoms with Gasteiger partial charge in [0.2, 0.25) is 5.91 Å². The largest absolute Gasteiger partial charge is 0.497 e. The first-order chi connectivity index (χ1) is 17.7. The second-order valence-electron chi connectivity index (χ2n) is 9.09. The summed E-state index contributed by atoms with van der Waals surface area (Å²) in [6, 6.07) is 4.60. The van der Waals surface area contributed by atoms with Crippen LogP contribution in [0.5, 0.6) is 5.75 Å². The van der Waals surface area contributed by atoms with Crippen LogP contribution in [0, 0.1) is 6.92 Å². The summed E-state index contributed by atoms with van der Waals surface area (Å²) in [5.74, 6) is 0.808. The van der Waals surface area contributed by atoms with Crippen molar-refractivity contribution in [1.29, 1.82) is 0 Å². The number of benzene rings is 1. The van der Waals surface area contributed by atoms with Crippen LogP contribution in [0.25, 0.3) is 10.9 Å². The Morgan fingerprint density at radius 2 is 1.95 bits per heavy atom. The van der Waals surface area contributed by atoms with Crippen molar-refractivity contribution in [3.8, 4) is 5.75 Å². The number of ether oxygens (including phenoxy) is 1. The molecule has 0 aliphatic carbocycles. The molecule has 2 heterocycles. The fourth-order valence-corrected chi connectivity index (χ4v) is 4.46. The Balaban J connectivity index is 1.81. The van der Waals surface area contributed by atoms with Crippen molar-refractivity contribution in [3.05, 3.63) is 47.2 Å². The number of Topliss-reactive ketones (excluding diaryl/α,β-unsaturated/α-hetero) is 2. The molecule has 0 radical (unpaired) electrons. The summed E-state index contributed by atoms with van der Waals surface area (Å²) in [6.07, 6.45) is 4.27. The molecule has 0 aliphatic rings. The number of unbranched alkanes of at least 4 members (excludes halogenated alkanes) is 2. The van der Waals surface area contributed by atoms with Crippen LogP contribution in [-0.4, -0.2) is 50.3 Å². The van der Waals surface area contributed by atoms with Gasteiger partial charge >= 0.3 is 6.09 Å². The number of hydrogen-bond acceptors (Lipinski definition) is 6. The Bertz CT molecular complexity index is 1310. The second kappa shape index (κ2) is 12.3. The van der Waals surface area contributed by atoms with E-state index in [2.05, 4.69) is 15.3 Å². The molecule has 1 amide bonds. The van der Waals surface area contributed by atoms with Crippen molar-refractivity contribution in [1.82, 2.24) is 19.9 Å². The molecule has 1 atom stereocenters. The molecule has 10 heteroatoms. The molecule has 0 unspecified atom stereocenters. The lowest BCUT2D eigenvalue weighted by molar-refractivity contribution is -0.121. The molecule has 0 saturated carbocycles. The lowest BCUT2D eigenvalue weighted by atomic mass is 10.0. The first-order valence-corrected chi connectivity index (χ1v) is 12.4. The van der Waals surface area contributed by atoms with Gasteiger partial charge in [0.1, 0.15) is 23.1 Å². The Hall–Kier alpha value is -3.95. The van der Waals surface area contributed by atoms with Gasteiger partial charge in [-0.15, -0.1) is 0 Å². The van der Waals surface area contributed by atoms with Crippen LogP contribution in [0.2, 0.25) is 0 Å². The minimum Gasteiger partial charge on any atom is -0.497 e. The number of rotatable bonds is 13. The number of fused-ring (bicyclic) bond motifs is 1. The van der Waals surface area contributed by atoms with Crippen molar-refractivity contribution in [2.45, 2.75) is 71.8 Å². The highest BCUT2D eigenvalue weighted by Gasteiger charge is 2.23. The lowest BCUT2D eigenvalue weighted by Gasteiger charge is -2.17. The standard InChI is InChI=1S/C27H34N4O6/c1-5-18(33)9-7-6-8-10-22(26-28-15-23(30-26)17(3)32)29-25(34)14-20-16(2)31(27(35)36)24-12-11-19(37-4)13-21(20)24/h11-13,15,22H,5-10,14H2,1-4H3,(H,28,30)(H,29,34)(H,35,36)/t22-/m0/s1. The summed E-state index contributed by atoms with van der Waals surface area (Å²) >= 11 is 0. The first-order valence-electron chi connectivity index (χ1n) is 12.4. The zero-order valence-corrected chi connectivity index (χ0v) is 21.7. The fraction of sp³-hybridized carbons (Fsp3) is 0.444. The van der Waals surface area contributed by atoms with Crippen molar-refractivity contribution in [2.24, 2.45) is 0 Å². The Labute approximate surface area is 215 Å². The van der Waals surface area contributed by atoms with Gasteiger partial charge in [0.25, 0.3) is 0 Å². The van der Waals surface area contributed by atoms with E-state index in [9.17, 15) is 24.3 Å². The van der Waals surface area contributed by atoms with E-state index in [0.717, 1.165) is 23.8 Å². The van der Waals surface area contributed by atoms with Gasteiger partial charge in [0.15, 0.2) is 5.78 Å². The van der Waals surface area contributed by atoms with Crippen molar-refractivity contribution in [2.75, 3.05) is 7.11 Å². The molecular formula is C27H34N4O6. The van der Waals surface area contributed by atoms with E-state index in [1.54, 1.807) is 25.1 Å². The van der Waals surface area contributed by atoms with E-state index < -0.39 is 12.1 Å². The summed E-state index contributed by atoms with van der Waals surface area (Å²) in [7, 11) is 1.52. The Kier molecular flexibility index (Phi) is 9.21. The normalized spacial score (nSPS) is 11.9.